The average Bonchev–Trinajstić information content (AvgIpc) is 2.68. The van der Waals surface area contributed by atoms with Crippen LogP contribution in [0, 0.1) is 5.41 Å². The van der Waals surface area contributed by atoms with Crippen LogP contribution in [0.3, 0.4) is 0 Å². The molecule has 1 saturated carbocycles. The lowest BCUT2D eigenvalue weighted by Crippen LogP contribution is -2.44. The molecule has 2 unspecified atom stereocenters. The summed E-state index contributed by atoms with van der Waals surface area (Å²) in [5.74, 6) is 0. The van der Waals surface area contributed by atoms with Gasteiger partial charge in [-0.25, -0.2) is 0 Å². The van der Waals surface area contributed by atoms with Gasteiger partial charge in [0.25, 0.3) is 0 Å². The zero-order chi connectivity index (χ0) is 12.5. The first kappa shape index (κ1) is 13.6. The summed E-state index contributed by atoms with van der Waals surface area (Å²) in [6.07, 6.45) is 5.45. The fourth-order valence-electron chi connectivity index (χ4n) is 2.75. The predicted molar refractivity (Wildman–Crippen MR) is 79.6 cm³/mol. The molecule has 0 spiro atoms. The van der Waals surface area contributed by atoms with Crippen molar-refractivity contribution in [2.75, 3.05) is 0 Å². The number of nitrogens with one attached hydrogen (secondary N) is 1. The van der Waals surface area contributed by atoms with E-state index in [1.54, 1.807) is 0 Å². The maximum atomic E-state index is 3.83. The van der Waals surface area contributed by atoms with E-state index < -0.39 is 0 Å². The summed E-state index contributed by atoms with van der Waals surface area (Å²) in [5, 5.41) is 3.83. The van der Waals surface area contributed by atoms with Crippen LogP contribution in [0.5, 0.6) is 0 Å². The molecule has 2 atom stereocenters. The molecule has 96 valence electrons. The molecule has 1 aliphatic rings. The summed E-state index contributed by atoms with van der Waals surface area (Å²) >= 11 is 5.38. The quantitative estimate of drug-likeness (QED) is 0.815. The Balaban J connectivity index is 2.00. The molecule has 0 aromatic carbocycles. The van der Waals surface area contributed by atoms with Crippen molar-refractivity contribution in [2.45, 2.75) is 58.5 Å². The SMILES string of the molecule is CC(NC1CCCCC1(C)C)c1ccc(Br)s1. The highest BCUT2D eigenvalue weighted by Crippen LogP contribution is 2.37. The number of rotatable bonds is 3. The van der Waals surface area contributed by atoms with Crippen LogP contribution >= 0.6 is 27.3 Å². The van der Waals surface area contributed by atoms with Crippen molar-refractivity contribution in [2.24, 2.45) is 5.41 Å². The standard InChI is InChI=1S/C14H22BrNS/c1-10(11-7-8-13(15)17-11)16-12-6-4-5-9-14(12,2)3/h7-8,10,12,16H,4-6,9H2,1-3H3. The van der Waals surface area contributed by atoms with Gasteiger partial charge in [-0.3, -0.25) is 0 Å². The van der Waals surface area contributed by atoms with Gasteiger partial charge in [-0.15, -0.1) is 11.3 Å². The highest BCUT2D eigenvalue weighted by atomic mass is 79.9. The maximum absolute atomic E-state index is 3.83. The van der Waals surface area contributed by atoms with Gasteiger partial charge in [0, 0.05) is 17.0 Å². The van der Waals surface area contributed by atoms with Crippen molar-refractivity contribution < 1.29 is 0 Å². The van der Waals surface area contributed by atoms with Crippen molar-refractivity contribution in [3.05, 3.63) is 20.8 Å². The molecular weight excluding hydrogens is 294 g/mol. The molecule has 0 saturated heterocycles. The molecule has 1 fully saturated rings. The van der Waals surface area contributed by atoms with Gasteiger partial charge in [0.2, 0.25) is 0 Å². The number of thiophene rings is 1. The van der Waals surface area contributed by atoms with Crippen molar-refractivity contribution in [3.63, 3.8) is 0 Å². The van der Waals surface area contributed by atoms with E-state index in [0.29, 0.717) is 17.5 Å². The van der Waals surface area contributed by atoms with Crippen LogP contribution in [0.25, 0.3) is 0 Å². The molecule has 17 heavy (non-hydrogen) atoms. The van der Waals surface area contributed by atoms with E-state index in [0.717, 1.165) is 0 Å². The molecule has 1 nitrogen and oxygen atoms in total. The Morgan fingerprint density at radius 2 is 2.18 bits per heavy atom. The topological polar surface area (TPSA) is 12.0 Å². The summed E-state index contributed by atoms with van der Waals surface area (Å²) in [4.78, 5) is 1.43. The zero-order valence-electron chi connectivity index (χ0n) is 10.9. The molecule has 3 heteroatoms. The fourth-order valence-corrected chi connectivity index (χ4v) is 4.18. The lowest BCUT2D eigenvalue weighted by molar-refractivity contribution is 0.158. The van der Waals surface area contributed by atoms with Gasteiger partial charge in [-0.2, -0.15) is 0 Å². The highest BCUT2D eigenvalue weighted by molar-refractivity contribution is 9.11. The monoisotopic (exact) mass is 315 g/mol. The summed E-state index contributed by atoms with van der Waals surface area (Å²) in [6.45, 7) is 7.09. The third kappa shape index (κ3) is 3.33. The summed E-state index contributed by atoms with van der Waals surface area (Å²) in [5.41, 5.74) is 0.445. The Hall–Kier alpha value is 0.140. The fraction of sp³-hybridized carbons (Fsp3) is 0.714. The second kappa shape index (κ2) is 5.41. The van der Waals surface area contributed by atoms with Gasteiger partial charge in [0.15, 0.2) is 0 Å². The van der Waals surface area contributed by atoms with Crippen LogP contribution in [-0.4, -0.2) is 6.04 Å². The number of hydrogen-bond donors (Lipinski definition) is 1. The Labute approximate surface area is 117 Å². The van der Waals surface area contributed by atoms with E-state index in [2.05, 4.69) is 54.2 Å². The molecule has 1 aliphatic carbocycles. The summed E-state index contributed by atoms with van der Waals surface area (Å²) in [7, 11) is 0. The molecule has 1 N–H and O–H groups in total. The minimum Gasteiger partial charge on any atom is -0.306 e. The zero-order valence-corrected chi connectivity index (χ0v) is 13.3. The normalized spacial score (nSPS) is 25.8. The third-order valence-corrected chi connectivity index (χ3v) is 5.79. The van der Waals surface area contributed by atoms with Gasteiger partial charge in [0.05, 0.1) is 3.79 Å². The third-order valence-electron chi connectivity index (χ3n) is 3.98. The summed E-state index contributed by atoms with van der Waals surface area (Å²) < 4.78 is 1.23. The van der Waals surface area contributed by atoms with Crippen LogP contribution in [0.2, 0.25) is 0 Å². The van der Waals surface area contributed by atoms with E-state index in [9.17, 15) is 0 Å². The van der Waals surface area contributed by atoms with Crippen molar-refractivity contribution in [1.82, 2.24) is 5.32 Å². The van der Waals surface area contributed by atoms with Crippen LogP contribution in [-0.2, 0) is 0 Å². The van der Waals surface area contributed by atoms with Crippen molar-refractivity contribution in [3.8, 4) is 0 Å². The lowest BCUT2D eigenvalue weighted by atomic mass is 9.73. The molecule has 0 bridgehead atoms. The average molecular weight is 316 g/mol. The Morgan fingerprint density at radius 1 is 1.41 bits per heavy atom. The van der Waals surface area contributed by atoms with E-state index in [1.165, 1.54) is 34.3 Å². The second-order valence-electron chi connectivity index (χ2n) is 5.82. The molecule has 2 rings (SSSR count). The minimum atomic E-state index is 0.445. The maximum Gasteiger partial charge on any atom is 0.0701 e. The number of hydrogen-bond acceptors (Lipinski definition) is 2. The van der Waals surface area contributed by atoms with Gasteiger partial charge >= 0.3 is 0 Å². The van der Waals surface area contributed by atoms with Crippen molar-refractivity contribution >= 4 is 27.3 Å². The van der Waals surface area contributed by atoms with Crippen molar-refractivity contribution in [1.29, 1.82) is 0 Å². The van der Waals surface area contributed by atoms with Crippen LogP contribution in [0.15, 0.2) is 15.9 Å². The van der Waals surface area contributed by atoms with E-state index in [-0.39, 0.29) is 0 Å². The largest absolute Gasteiger partial charge is 0.306 e. The molecule has 0 amide bonds. The molecule has 0 aliphatic heterocycles. The number of halogens is 1. The van der Waals surface area contributed by atoms with Crippen LogP contribution in [0.4, 0.5) is 0 Å². The Morgan fingerprint density at radius 3 is 2.76 bits per heavy atom. The van der Waals surface area contributed by atoms with Gasteiger partial charge in [-0.05, 0) is 53.2 Å². The Kier molecular flexibility index (Phi) is 4.32. The Bertz CT molecular complexity index is 372. The highest BCUT2D eigenvalue weighted by Gasteiger charge is 2.32. The van der Waals surface area contributed by atoms with Crippen LogP contribution < -0.4 is 5.32 Å². The minimum absolute atomic E-state index is 0.445. The van der Waals surface area contributed by atoms with Gasteiger partial charge < -0.3 is 5.32 Å². The molecule has 1 aromatic heterocycles. The first-order valence-corrected chi connectivity index (χ1v) is 8.11. The molecule has 1 aromatic rings. The lowest BCUT2D eigenvalue weighted by Gasteiger charge is -2.40. The first-order chi connectivity index (χ1) is 7.99. The van der Waals surface area contributed by atoms with E-state index >= 15 is 0 Å². The van der Waals surface area contributed by atoms with Gasteiger partial charge in [-0.1, -0.05) is 26.7 Å². The van der Waals surface area contributed by atoms with E-state index in [1.807, 2.05) is 11.3 Å². The predicted octanol–water partition coefficient (Wildman–Crippen LogP) is 5.13. The van der Waals surface area contributed by atoms with E-state index in [4.69, 9.17) is 0 Å². The smallest absolute Gasteiger partial charge is 0.0701 e. The molecular formula is C14H22BrNS. The first-order valence-electron chi connectivity index (χ1n) is 6.50. The summed E-state index contributed by atoms with van der Waals surface area (Å²) in [6, 6.07) is 5.49. The molecule has 1 heterocycles. The van der Waals surface area contributed by atoms with Crippen LogP contribution in [0.1, 0.15) is 57.4 Å². The molecule has 0 radical (unpaired) electrons. The second-order valence-corrected chi connectivity index (χ2v) is 8.31. The van der Waals surface area contributed by atoms with Gasteiger partial charge in [0.1, 0.15) is 0 Å².